The van der Waals surface area contributed by atoms with Crippen LogP contribution >= 0.6 is 0 Å². The highest BCUT2D eigenvalue weighted by Gasteiger charge is 2.18. The molecule has 20 heavy (non-hydrogen) atoms. The van der Waals surface area contributed by atoms with Gasteiger partial charge < -0.3 is 10.2 Å². The van der Waals surface area contributed by atoms with Crippen molar-refractivity contribution in [2.45, 2.75) is 38.6 Å². The predicted molar refractivity (Wildman–Crippen MR) is 75.7 cm³/mol. The van der Waals surface area contributed by atoms with Crippen molar-refractivity contribution >= 4 is 11.8 Å². The number of nitrogens with one attached hydrogen (secondary N) is 1. The molecular weight excluding hydrogens is 254 g/mol. The number of pyridine rings is 1. The lowest BCUT2D eigenvalue weighted by atomic mass is 10.2. The van der Waals surface area contributed by atoms with Crippen molar-refractivity contribution in [3.8, 4) is 0 Å². The third kappa shape index (κ3) is 4.64. The van der Waals surface area contributed by atoms with E-state index in [9.17, 15) is 9.59 Å². The Kier molecular flexibility index (Phi) is 5.53. The molecule has 0 atom stereocenters. The van der Waals surface area contributed by atoms with E-state index in [1.165, 1.54) is 12.8 Å². The Labute approximate surface area is 119 Å². The van der Waals surface area contributed by atoms with Crippen LogP contribution in [0.3, 0.4) is 0 Å². The van der Waals surface area contributed by atoms with Crippen LogP contribution in [0.2, 0.25) is 0 Å². The molecule has 0 bridgehead atoms. The molecule has 5 heteroatoms. The Morgan fingerprint density at radius 2 is 1.75 bits per heavy atom. The number of nitrogens with zero attached hydrogens (tertiary/aromatic N) is 2. The summed E-state index contributed by atoms with van der Waals surface area (Å²) < 4.78 is 0. The Hall–Kier alpha value is -1.91. The largest absolute Gasteiger partial charge is 0.352 e. The lowest BCUT2D eigenvalue weighted by molar-refractivity contribution is -0.136. The normalized spacial score (nSPS) is 15.5. The van der Waals surface area contributed by atoms with Crippen LogP contribution in [-0.4, -0.2) is 34.8 Å². The third-order valence-electron chi connectivity index (χ3n) is 3.51. The molecule has 1 N–H and O–H groups in total. The fraction of sp³-hybridized carbons (Fsp3) is 0.533. The molecule has 2 rings (SSSR count). The first-order valence-corrected chi connectivity index (χ1v) is 7.19. The molecule has 1 aliphatic heterocycles. The van der Waals surface area contributed by atoms with E-state index >= 15 is 0 Å². The van der Waals surface area contributed by atoms with Gasteiger partial charge in [0, 0.05) is 32.0 Å². The van der Waals surface area contributed by atoms with Crippen LogP contribution in [0.25, 0.3) is 0 Å². The summed E-state index contributed by atoms with van der Waals surface area (Å²) in [5.74, 6) is -0.268. The van der Waals surface area contributed by atoms with Gasteiger partial charge in [0.15, 0.2) is 0 Å². The summed E-state index contributed by atoms with van der Waals surface area (Å²) in [5, 5.41) is 2.77. The van der Waals surface area contributed by atoms with Gasteiger partial charge >= 0.3 is 0 Å². The summed E-state index contributed by atoms with van der Waals surface area (Å²) in [6.07, 6.45) is 7.77. The zero-order valence-corrected chi connectivity index (χ0v) is 11.7. The van der Waals surface area contributed by atoms with Gasteiger partial charge in [-0.3, -0.25) is 14.6 Å². The molecule has 0 aliphatic carbocycles. The van der Waals surface area contributed by atoms with Crippen LogP contribution in [0, 0.1) is 0 Å². The number of hydrogen-bond donors (Lipinski definition) is 1. The fourth-order valence-corrected chi connectivity index (χ4v) is 2.33. The highest BCUT2D eigenvalue weighted by molar-refractivity contribution is 5.96. The number of carbonyl (C=O) groups is 2. The second-order valence-electron chi connectivity index (χ2n) is 5.10. The first-order valence-electron chi connectivity index (χ1n) is 7.19. The van der Waals surface area contributed by atoms with Gasteiger partial charge in [0.2, 0.25) is 11.8 Å². The number of aromatic nitrogens is 1. The van der Waals surface area contributed by atoms with E-state index in [1.54, 1.807) is 12.4 Å². The van der Waals surface area contributed by atoms with Crippen molar-refractivity contribution in [2.24, 2.45) is 0 Å². The molecule has 0 saturated carbocycles. The summed E-state index contributed by atoms with van der Waals surface area (Å²) in [4.78, 5) is 29.5. The first kappa shape index (κ1) is 14.5. The van der Waals surface area contributed by atoms with Crippen LogP contribution in [0.15, 0.2) is 24.5 Å². The lowest BCUT2D eigenvalue weighted by Crippen LogP contribution is -2.36. The molecule has 0 unspecified atom stereocenters. The van der Waals surface area contributed by atoms with Gasteiger partial charge in [-0.15, -0.1) is 0 Å². The SMILES string of the molecule is O=C(CC(=O)N1CCCCCC1)NCc1ccncc1. The van der Waals surface area contributed by atoms with Gasteiger partial charge in [0.05, 0.1) is 0 Å². The maximum atomic E-state index is 12.0. The molecule has 1 aromatic rings. The molecular formula is C15H21N3O2. The van der Waals surface area contributed by atoms with E-state index in [2.05, 4.69) is 10.3 Å². The molecule has 1 fully saturated rings. The van der Waals surface area contributed by atoms with Crippen molar-refractivity contribution in [3.05, 3.63) is 30.1 Å². The zero-order valence-electron chi connectivity index (χ0n) is 11.7. The van der Waals surface area contributed by atoms with Crippen LogP contribution in [0.4, 0.5) is 0 Å². The minimum atomic E-state index is -0.212. The molecule has 2 amide bonds. The molecule has 0 spiro atoms. The van der Waals surface area contributed by atoms with Gasteiger partial charge in [0.1, 0.15) is 6.42 Å². The monoisotopic (exact) mass is 275 g/mol. The molecule has 1 saturated heterocycles. The number of carbonyl (C=O) groups excluding carboxylic acids is 2. The number of likely N-dealkylation sites (tertiary alicyclic amines) is 1. The summed E-state index contributed by atoms with van der Waals surface area (Å²) in [6.45, 7) is 2.02. The van der Waals surface area contributed by atoms with Gasteiger partial charge in [-0.2, -0.15) is 0 Å². The molecule has 1 aliphatic rings. The van der Waals surface area contributed by atoms with Crippen LogP contribution < -0.4 is 5.32 Å². The second kappa shape index (κ2) is 7.62. The summed E-state index contributed by atoms with van der Waals surface area (Å²) in [7, 11) is 0. The maximum absolute atomic E-state index is 12.0. The number of amides is 2. The predicted octanol–water partition coefficient (Wildman–Crippen LogP) is 1.49. The lowest BCUT2D eigenvalue weighted by Gasteiger charge is -2.19. The van der Waals surface area contributed by atoms with E-state index in [1.807, 2.05) is 17.0 Å². The third-order valence-corrected chi connectivity index (χ3v) is 3.51. The van der Waals surface area contributed by atoms with Crippen molar-refractivity contribution in [3.63, 3.8) is 0 Å². The Morgan fingerprint density at radius 1 is 1.10 bits per heavy atom. The Bertz CT molecular complexity index is 440. The van der Waals surface area contributed by atoms with E-state index < -0.39 is 0 Å². The number of hydrogen-bond acceptors (Lipinski definition) is 3. The molecule has 2 heterocycles. The topological polar surface area (TPSA) is 62.3 Å². The summed E-state index contributed by atoms with van der Waals surface area (Å²) >= 11 is 0. The van der Waals surface area contributed by atoms with E-state index in [0.29, 0.717) is 6.54 Å². The van der Waals surface area contributed by atoms with Crippen molar-refractivity contribution < 1.29 is 9.59 Å². The Balaban J connectivity index is 1.74. The average molecular weight is 275 g/mol. The van der Waals surface area contributed by atoms with E-state index in [-0.39, 0.29) is 18.2 Å². The Morgan fingerprint density at radius 3 is 2.40 bits per heavy atom. The first-order chi connectivity index (χ1) is 9.75. The van der Waals surface area contributed by atoms with Crippen molar-refractivity contribution in [1.82, 2.24) is 15.2 Å². The quantitative estimate of drug-likeness (QED) is 0.847. The van der Waals surface area contributed by atoms with Crippen LogP contribution in [-0.2, 0) is 16.1 Å². The van der Waals surface area contributed by atoms with Crippen molar-refractivity contribution in [2.75, 3.05) is 13.1 Å². The van der Waals surface area contributed by atoms with Crippen molar-refractivity contribution in [1.29, 1.82) is 0 Å². The van der Waals surface area contributed by atoms with Gasteiger partial charge in [-0.05, 0) is 30.5 Å². The summed E-state index contributed by atoms with van der Waals surface area (Å²) in [5.41, 5.74) is 0.982. The maximum Gasteiger partial charge on any atom is 0.232 e. The highest BCUT2D eigenvalue weighted by atomic mass is 16.2. The second-order valence-corrected chi connectivity index (χ2v) is 5.10. The standard InChI is InChI=1S/C15H21N3O2/c19-14(17-12-13-5-7-16-8-6-13)11-15(20)18-9-3-1-2-4-10-18/h5-8H,1-4,9-12H2,(H,17,19). The van der Waals surface area contributed by atoms with Gasteiger partial charge in [0.25, 0.3) is 0 Å². The van der Waals surface area contributed by atoms with E-state index in [4.69, 9.17) is 0 Å². The summed E-state index contributed by atoms with van der Waals surface area (Å²) in [6, 6.07) is 3.69. The zero-order chi connectivity index (χ0) is 14.2. The van der Waals surface area contributed by atoms with E-state index in [0.717, 1.165) is 31.5 Å². The highest BCUT2D eigenvalue weighted by Crippen LogP contribution is 2.10. The van der Waals surface area contributed by atoms with Crippen LogP contribution in [0.1, 0.15) is 37.7 Å². The molecule has 5 nitrogen and oxygen atoms in total. The minimum absolute atomic E-state index is 0.0505. The molecule has 0 aromatic carbocycles. The molecule has 108 valence electrons. The van der Waals surface area contributed by atoms with Crippen LogP contribution in [0.5, 0.6) is 0 Å². The minimum Gasteiger partial charge on any atom is -0.352 e. The van der Waals surface area contributed by atoms with Gasteiger partial charge in [-0.1, -0.05) is 12.8 Å². The molecule has 1 aromatic heterocycles. The fourth-order valence-electron chi connectivity index (χ4n) is 2.33. The molecule has 0 radical (unpaired) electrons. The van der Waals surface area contributed by atoms with Gasteiger partial charge in [-0.25, -0.2) is 0 Å². The average Bonchev–Trinajstić information content (AvgIpc) is 2.75. The smallest absolute Gasteiger partial charge is 0.232 e. The number of rotatable bonds is 4.